The minimum Gasteiger partial charge on any atom is -0.465 e. The lowest BCUT2D eigenvalue weighted by atomic mass is 9.94. The number of nitrogens with zero attached hydrogens (tertiary/aromatic N) is 1. The first-order valence-electron chi connectivity index (χ1n) is 7.30. The van der Waals surface area contributed by atoms with E-state index in [0.29, 0.717) is 5.46 Å². The van der Waals surface area contributed by atoms with Crippen LogP contribution < -0.4 is 5.46 Å². The summed E-state index contributed by atoms with van der Waals surface area (Å²) in [5, 5.41) is 0. The fourth-order valence-electron chi connectivity index (χ4n) is 1.80. The fraction of sp³-hybridized carbons (Fsp3) is 0.500. The second-order valence-corrected chi connectivity index (χ2v) is 7.15. The van der Waals surface area contributed by atoms with Crippen LogP contribution in [0.2, 0.25) is 0 Å². The van der Waals surface area contributed by atoms with Gasteiger partial charge in [-0.1, -0.05) is 17.6 Å². The number of esters is 1. The number of hydrogen-bond donors (Lipinski definition) is 0. The zero-order valence-electron chi connectivity index (χ0n) is 13.9. The van der Waals surface area contributed by atoms with E-state index in [0.717, 1.165) is 9.13 Å². The van der Waals surface area contributed by atoms with Crippen LogP contribution in [0.25, 0.3) is 0 Å². The number of halogens is 1. The van der Waals surface area contributed by atoms with Crippen molar-refractivity contribution < 1.29 is 19.1 Å². The zero-order valence-corrected chi connectivity index (χ0v) is 16.0. The number of carbonyl (C=O) groups excluding carboxylic acids is 2. The molecule has 0 saturated carbocycles. The standard InChI is InChI=1S/C16H21BINO4/c1-5-22-14(20)10-19(15(21)23-16(2,3)4)9-11-8-12(17)6-7-13(11)18/h6-8H,5,9-10H2,1-4H3. The Morgan fingerprint density at radius 2 is 1.96 bits per heavy atom. The van der Waals surface area contributed by atoms with Crippen LogP contribution in [-0.2, 0) is 20.8 Å². The molecule has 23 heavy (non-hydrogen) atoms. The quantitative estimate of drug-likeness (QED) is 0.410. The summed E-state index contributed by atoms with van der Waals surface area (Å²) in [5.41, 5.74) is 0.800. The van der Waals surface area contributed by atoms with Crippen LogP contribution in [0.3, 0.4) is 0 Å². The maximum Gasteiger partial charge on any atom is 0.411 e. The smallest absolute Gasteiger partial charge is 0.411 e. The van der Waals surface area contributed by atoms with Gasteiger partial charge in [0.15, 0.2) is 0 Å². The number of amides is 1. The predicted molar refractivity (Wildman–Crippen MR) is 97.8 cm³/mol. The van der Waals surface area contributed by atoms with Gasteiger partial charge in [-0.25, -0.2) is 4.79 Å². The average molecular weight is 429 g/mol. The highest BCUT2D eigenvalue weighted by atomic mass is 127. The molecule has 0 aliphatic rings. The van der Waals surface area contributed by atoms with Crippen LogP contribution in [0, 0.1) is 3.57 Å². The molecule has 0 spiro atoms. The third-order valence-electron chi connectivity index (χ3n) is 2.71. The number of carbonyl (C=O) groups is 2. The minimum absolute atomic E-state index is 0.173. The van der Waals surface area contributed by atoms with E-state index in [9.17, 15) is 9.59 Å². The first-order chi connectivity index (χ1) is 10.6. The Balaban J connectivity index is 2.96. The number of rotatable bonds is 5. The lowest BCUT2D eigenvalue weighted by Gasteiger charge is -2.27. The summed E-state index contributed by atoms with van der Waals surface area (Å²) in [4.78, 5) is 25.4. The Kier molecular flexibility index (Phi) is 7.37. The molecule has 1 aromatic rings. The molecule has 0 bridgehead atoms. The van der Waals surface area contributed by atoms with Crippen LogP contribution in [0.1, 0.15) is 33.3 Å². The molecule has 0 aromatic heterocycles. The first kappa shape index (κ1) is 19.8. The molecule has 1 rings (SSSR count). The highest BCUT2D eigenvalue weighted by Crippen LogP contribution is 2.16. The van der Waals surface area contributed by atoms with E-state index >= 15 is 0 Å². The molecule has 7 heteroatoms. The van der Waals surface area contributed by atoms with Crippen molar-refractivity contribution in [2.45, 2.75) is 39.8 Å². The Labute approximate surface area is 152 Å². The van der Waals surface area contributed by atoms with Crippen molar-refractivity contribution in [2.24, 2.45) is 0 Å². The van der Waals surface area contributed by atoms with Crippen LogP contribution in [0.15, 0.2) is 18.2 Å². The average Bonchev–Trinajstić information content (AvgIpc) is 2.40. The molecule has 0 aliphatic carbocycles. The largest absolute Gasteiger partial charge is 0.465 e. The highest BCUT2D eigenvalue weighted by Gasteiger charge is 2.25. The van der Waals surface area contributed by atoms with Crippen LogP contribution in [0.4, 0.5) is 4.79 Å². The molecule has 0 unspecified atom stereocenters. The van der Waals surface area contributed by atoms with Gasteiger partial charge in [-0.15, -0.1) is 0 Å². The summed E-state index contributed by atoms with van der Waals surface area (Å²) in [6.07, 6.45) is -0.566. The van der Waals surface area contributed by atoms with Crippen LogP contribution >= 0.6 is 22.6 Å². The molecule has 1 amide bonds. The lowest BCUT2D eigenvalue weighted by Crippen LogP contribution is -2.40. The summed E-state index contributed by atoms with van der Waals surface area (Å²) < 4.78 is 11.2. The third kappa shape index (κ3) is 7.24. The summed E-state index contributed by atoms with van der Waals surface area (Å²) in [5.74, 6) is -0.475. The molecule has 0 atom stereocenters. The SMILES string of the molecule is [B]c1ccc(I)c(CN(CC(=O)OCC)C(=O)OC(C)(C)C)c1. The molecule has 0 N–H and O–H groups in total. The third-order valence-corrected chi connectivity index (χ3v) is 3.76. The summed E-state index contributed by atoms with van der Waals surface area (Å²) >= 11 is 2.16. The molecule has 5 nitrogen and oxygen atoms in total. The number of ether oxygens (including phenoxy) is 2. The van der Waals surface area contributed by atoms with E-state index < -0.39 is 17.7 Å². The van der Waals surface area contributed by atoms with Gasteiger partial charge >= 0.3 is 12.1 Å². The normalized spacial score (nSPS) is 11.0. The van der Waals surface area contributed by atoms with Gasteiger partial charge in [0.25, 0.3) is 0 Å². The molecule has 0 saturated heterocycles. The summed E-state index contributed by atoms with van der Waals surface area (Å²) in [7, 11) is 5.80. The topological polar surface area (TPSA) is 55.8 Å². The number of benzene rings is 1. The fourth-order valence-corrected chi connectivity index (χ4v) is 2.30. The van der Waals surface area contributed by atoms with Gasteiger partial charge in [-0.3, -0.25) is 9.69 Å². The van der Waals surface area contributed by atoms with Gasteiger partial charge in [0.05, 0.1) is 13.2 Å². The van der Waals surface area contributed by atoms with E-state index in [1.165, 1.54) is 4.90 Å². The van der Waals surface area contributed by atoms with E-state index in [1.807, 2.05) is 6.07 Å². The van der Waals surface area contributed by atoms with Gasteiger partial charge in [-0.2, -0.15) is 0 Å². The van der Waals surface area contributed by atoms with Crippen molar-refractivity contribution in [1.82, 2.24) is 4.90 Å². The molecule has 0 heterocycles. The van der Waals surface area contributed by atoms with Gasteiger partial charge in [0.1, 0.15) is 20.0 Å². The van der Waals surface area contributed by atoms with Crippen molar-refractivity contribution in [3.63, 3.8) is 0 Å². The predicted octanol–water partition coefficient (Wildman–Crippen LogP) is 2.39. The second kappa shape index (κ2) is 8.56. The summed E-state index contributed by atoms with van der Waals surface area (Å²) in [6.45, 7) is 7.35. The lowest BCUT2D eigenvalue weighted by molar-refractivity contribution is -0.144. The zero-order chi connectivity index (χ0) is 17.6. The Morgan fingerprint density at radius 1 is 1.30 bits per heavy atom. The second-order valence-electron chi connectivity index (χ2n) is 5.99. The minimum atomic E-state index is -0.646. The van der Waals surface area contributed by atoms with Crippen molar-refractivity contribution in [3.8, 4) is 0 Å². The van der Waals surface area contributed by atoms with Gasteiger partial charge in [0.2, 0.25) is 0 Å². The van der Waals surface area contributed by atoms with E-state index in [4.69, 9.17) is 17.3 Å². The number of hydrogen-bond acceptors (Lipinski definition) is 4. The molecule has 1 aromatic carbocycles. The van der Waals surface area contributed by atoms with Crippen molar-refractivity contribution >= 4 is 48.0 Å². The highest BCUT2D eigenvalue weighted by molar-refractivity contribution is 14.1. The first-order valence-corrected chi connectivity index (χ1v) is 8.37. The molecular weight excluding hydrogens is 408 g/mol. The van der Waals surface area contributed by atoms with E-state index in [-0.39, 0.29) is 19.7 Å². The maximum atomic E-state index is 12.4. The monoisotopic (exact) mass is 429 g/mol. The van der Waals surface area contributed by atoms with Crippen molar-refractivity contribution in [3.05, 3.63) is 27.3 Å². The van der Waals surface area contributed by atoms with Crippen LogP contribution in [0.5, 0.6) is 0 Å². The Hall–Kier alpha value is -1.25. The van der Waals surface area contributed by atoms with Crippen molar-refractivity contribution in [2.75, 3.05) is 13.2 Å². The Morgan fingerprint density at radius 3 is 2.52 bits per heavy atom. The maximum absolute atomic E-state index is 12.4. The summed E-state index contributed by atoms with van der Waals surface area (Å²) in [6, 6.07) is 5.43. The van der Waals surface area contributed by atoms with Gasteiger partial charge in [-0.05, 0) is 61.9 Å². The van der Waals surface area contributed by atoms with E-state index in [2.05, 4.69) is 22.6 Å². The molecule has 2 radical (unpaired) electrons. The van der Waals surface area contributed by atoms with E-state index in [1.54, 1.807) is 39.8 Å². The van der Waals surface area contributed by atoms with Gasteiger partial charge in [0, 0.05) is 3.57 Å². The van der Waals surface area contributed by atoms with Gasteiger partial charge < -0.3 is 9.47 Å². The molecule has 0 aliphatic heterocycles. The Bertz CT molecular complexity index is 572. The molecular formula is C16H21BINO4. The van der Waals surface area contributed by atoms with Crippen molar-refractivity contribution in [1.29, 1.82) is 0 Å². The molecule has 124 valence electrons. The van der Waals surface area contributed by atoms with Crippen LogP contribution in [-0.4, -0.2) is 43.6 Å². The molecule has 0 fully saturated rings.